The Hall–Kier alpha value is -1.33. The third-order valence-electron chi connectivity index (χ3n) is 3.92. The molecule has 0 spiro atoms. The first kappa shape index (κ1) is 10.8. The smallest absolute Gasteiger partial charge is 0.268 e. The second kappa shape index (κ2) is 3.85. The summed E-state index contributed by atoms with van der Waals surface area (Å²) in [5.74, 6) is 0.348. The van der Waals surface area contributed by atoms with Gasteiger partial charge in [-0.05, 0) is 18.6 Å². The zero-order chi connectivity index (χ0) is 12.0. The van der Waals surface area contributed by atoms with Crippen LogP contribution in [0.5, 0.6) is 0 Å². The summed E-state index contributed by atoms with van der Waals surface area (Å²) in [6, 6.07) is 3.65. The summed E-state index contributed by atoms with van der Waals surface area (Å²) in [5.41, 5.74) is 6.70. The minimum absolute atomic E-state index is 0.0340. The largest absolute Gasteiger partial charge is 0.376 e. The van der Waals surface area contributed by atoms with Crippen LogP contribution in [0.25, 0.3) is 0 Å². The molecule has 0 aromatic carbocycles. The number of carbonyl (C=O) groups excluding carboxylic acids is 1. The van der Waals surface area contributed by atoms with Gasteiger partial charge in [0.15, 0.2) is 0 Å². The maximum Gasteiger partial charge on any atom is 0.268 e. The topological polar surface area (TPSA) is 69.3 Å². The molecule has 2 fully saturated rings. The maximum absolute atomic E-state index is 12.0. The minimum Gasteiger partial charge on any atom is -0.376 e. The van der Waals surface area contributed by atoms with Gasteiger partial charge in [-0.2, -0.15) is 0 Å². The number of carbonyl (C=O) groups is 1. The molecule has 1 saturated heterocycles. The SMILES string of the molecule is Cn1cccc1C(=O)NC1C(N)C2CCOC21. The van der Waals surface area contributed by atoms with Gasteiger partial charge < -0.3 is 20.4 Å². The molecule has 3 N–H and O–H groups in total. The second-order valence-electron chi connectivity index (χ2n) is 4.87. The highest BCUT2D eigenvalue weighted by atomic mass is 16.5. The lowest BCUT2D eigenvalue weighted by molar-refractivity contribution is -0.0162. The van der Waals surface area contributed by atoms with Gasteiger partial charge in [-0.1, -0.05) is 0 Å². The summed E-state index contributed by atoms with van der Waals surface area (Å²) in [6.07, 6.45) is 2.99. The van der Waals surface area contributed by atoms with Crippen molar-refractivity contribution in [2.24, 2.45) is 18.7 Å². The number of nitrogens with one attached hydrogen (secondary N) is 1. The number of aryl methyl sites for hydroxylation is 1. The molecule has 2 heterocycles. The molecule has 3 rings (SSSR count). The molecule has 1 aliphatic carbocycles. The standard InChI is InChI=1S/C12H17N3O2/c1-15-5-2-3-8(15)12(16)14-10-9(13)7-4-6-17-11(7)10/h2-3,5,7,9-11H,4,6,13H2,1H3,(H,14,16). The van der Waals surface area contributed by atoms with Crippen LogP contribution in [-0.2, 0) is 11.8 Å². The van der Waals surface area contributed by atoms with Gasteiger partial charge in [0.25, 0.3) is 5.91 Å². The summed E-state index contributed by atoms with van der Waals surface area (Å²) >= 11 is 0. The fraction of sp³-hybridized carbons (Fsp3) is 0.583. The molecule has 5 heteroatoms. The van der Waals surface area contributed by atoms with E-state index in [0.29, 0.717) is 11.6 Å². The number of nitrogens with zero attached hydrogens (tertiary/aromatic N) is 1. The maximum atomic E-state index is 12.0. The molecular formula is C12H17N3O2. The molecule has 92 valence electrons. The van der Waals surface area contributed by atoms with E-state index in [-0.39, 0.29) is 24.1 Å². The summed E-state index contributed by atoms with van der Waals surface area (Å²) in [5, 5.41) is 2.97. The van der Waals surface area contributed by atoms with Gasteiger partial charge in [-0.3, -0.25) is 4.79 Å². The van der Waals surface area contributed by atoms with Crippen molar-refractivity contribution >= 4 is 5.91 Å². The van der Waals surface area contributed by atoms with E-state index in [0.717, 1.165) is 13.0 Å². The van der Waals surface area contributed by atoms with E-state index in [1.807, 2.05) is 19.3 Å². The number of aromatic nitrogens is 1. The number of fused-ring (bicyclic) bond motifs is 1. The van der Waals surface area contributed by atoms with Crippen LogP contribution < -0.4 is 11.1 Å². The molecule has 2 aliphatic rings. The van der Waals surface area contributed by atoms with Crippen molar-refractivity contribution in [1.82, 2.24) is 9.88 Å². The van der Waals surface area contributed by atoms with E-state index in [1.54, 1.807) is 10.6 Å². The van der Waals surface area contributed by atoms with Gasteiger partial charge in [-0.25, -0.2) is 0 Å². The van der Waals surface area contributed by atoms with Crippen LogP contribution in [0.15, 0.2) is 18.3 Å². The fourth-order valence-corrected chi connectivity index (χ4v) is 2.85. The highest BCUT2D eigenvalue weighted by molar-refractivity contribution is 5.93. The highest BCUT2D eigenvalue weighted by Gasteiger charge is 2.52. The Labute approximate surface area is 99.9 Å². The number of nitrogens with two attached hydrogens (primary N) is 1. The van der Waals surface area contributed by atoms with Gasteiger partial charge in [-0.15, -0.1) is 0 Å². The van der Waals surface area contributed by atoms with E-state index < -0.39 is 0 Å². The summed E-state index contributed by atoms with van der Waals surface area (Å²) < 4.78 is 7.38. The Morgan fingerprint density at radius 1 is 1.65 bits per heavy atom. The van der Waals surface area contributed by atoms with Gasteiger partial charge in [0, 0.05) is 31.8 Å². The Kier molecular flexibility index (Phi) is 2.45. The monoisotopic (exact) mass is 235 g/mol. The zero-order valence-corrected chi connectivity index (χ0v) is 9.80. The van der Waals surface area contributed by atoms with Gasteiger partial charge in [0.05, 0.1) is 12.1 Å². The predicted octanol–water partition coefficient (Wildman–Crippen LogP) is -0.131. The number of hydrogen-bond acceptors (Lipinski definition) is 3. The lowest BCUT2D eigenvalue weighted by atomic mass is 9.72. The Morgan fingerprint density at radius 3 is 3.18 bits per heavy atom. The first-order chi connectivity index (χ1) is 8.18. The molecule has 1 saturated carbocycles. The van der Waals surface area contributed by atoms with Crippen LogP contribution in [0.2, 0.25) is 0 Å². The Morgan fingerprint density at radius 2 is 2.47 bits per heavy atom. The summed E-state index contributed by atoms with van der Waals surface area (Å²) in [4.78, 5) is 12.0. The van der Waals surface area contributed by atoms with Crippen molar-refractivity contribution in [1.29, 1.82) is 0 Å². The lowest BCUT2D eigenvalue weighted by Gasteiger charge is -2.45. The van der Waals surface area contributed by atoms with E-state index in [4.69, 9.17) is 10.5 Å². The first-order valence-electron chi connectivity index (χ1n) is 5.98. The van der Waals surface area contributed by atoms with Crippen LogP contribution in [0.3, 0.4) is 0 Å². The molecule has 1 aromatic rings. The number of ether oxygens (including phenoxy) is 1. The Balaban J connectivity index is 1.68. The van der Waals surface area contributed by atoms with Gasteiger partial charge >= 0.3 is 0 Å². The van der Waals surface area contributed by atoms with Crippen LogP contribution in [0.4, 0.5) is 0 Å². The summed E-state index contributed by atoms with van der Waals surface area (Å²) in [7, 11) is 1.85. The highest BCUT2D eigenvalue weighted by Crippen LogP contribution is 2.37. The average Bonchev–Trinajstić information content (AvgIpc) is 2.91. The molecule has 5 nitrogen and oxygen atoms in total. The number of hydrogen-bond donors (Lipinski definition) is 2. The fourth-order valence-electron chi connectivity index (χ4n) is 2.85. The second-order valence-corrected chi connectivity index (χ2v) is 4.87. The van der Waals surface area contributed by atoms with Crippen LogP contribution in [0, 0.1) is 5.92 Å². The van der Waals surface area contributed by atoms with Crippen molar-refractivity contribution in [3.05, 3.63) is 24.0 Å². The molecule has 17 heavy (non-hydrogen) atoms. The van der Waals surface area contributed by atoms with Crippen molar-refractivity contribution in [2.75, 3.05) is 6.61 Å². The molecule has 1 aliphatic heterocycles. The van der Waals surface area contributed by atoms with E-state index >= 15 is 0 Å². The quantitative estimate of drug-likeness (QED) is 0.750. The van der Waals surface area contributed by atoms with Gasteiger partial charge in [0.2, 0.25) is 0 Å². The van der Waals surface area contributed by atoms with E-state index in [2.05, 4.69) is 5.32 Å². The average molecular weight is 235 g/mol. The normalized spacial score (nSPS) is 35.2. The molecule has 0 bridgehead atoms. The molecule has 4 unspecified atom stereocenters. The van der Waals surface area contributed by atoms with E-state index in [9.17, 15) is 4.79 Å². The first-order valence-corrected chi connectivity index (χ1v) is 5.98. The van der Waals surface area contributed by atoms with Crippen molar-refractivity contribution in [3.8, 4) is 0 Å². The Bertz CT molecular complexity index is 443. The van der Waals surface area contributed by atoms with Crippen molar-refractivity contribution in [3.63, 3.8) is 0 Å². The third kappa shape index (κ3) is 1.57. The molecule has 4 atom stereocenters. The molecule has 1 aromatic heterocycles. The van der Waals surface area contributed by atoms with Crippen LogP contribution in [0.1, 0.15) is 16.9 Å². The molecule has 1 amide bonds. The van der Waals surface area contributed by atoms with Crippen molar-refractivity contribution < 1.29 is 9.53 Å². The minimum atomic E-state index is -0.0769. The number of rotatable bonds is 2. The zero-order valence-electron chi connectivity index (χ0n) is 9.80. The molecular weight excluding hydrogens is 218 g/mol. The van der Waals surface area contributed by atoms with Crippen molar-refractivity contribution in [2.45, 2.75) is 24.6 Å². The number of amides is 1. The predicted molar refractivity (Wildman–Crippen MR) is 62.5 cm³/mol. The summed E-state index contributed by atoms with van der Waals surface area (Å²) in [6.45, 7) is 0.763. The molecule has 0 radical (unpaired) electrons. The third-order valence-corrected chi connectivity index (χ3v) is 3.92. The van der Waals surface area contributed by atoms with Crippen LogP contribution >= 0.6 is 0 Å². The lowest BCUT2D eigenvalue weighted by Crippen LogP contribution is -2.69. The van der Waals surface area contributed by atoms with E-state index in [1.165, 1.54) is 0 Å². The van der Waals surface area contributed by atoms with Crippen LogP contribution in [-0.4, -0.2) is 35.3 Å². The van der Waals surface area contributed by atoms with Gasteiger partial charge in [0.1, 0.15) is 5.69 Å².